The van der Waals surface area contributed by atoms with Gasteiger partial charge in [-0.15, -0.1) is 0 Å². The molecule has 0 radical (unpaired) electrons. The molecule has 2 rings (SSSR count). The third-order valence-corrected chi connectivity index (χ3v) is 2.38. The second-order valence-electron chi connectivity index (χ2n) is 4.53. The minimum absolute atomic E-state index is 0.153. The third-order valence-electron chi connectivity index (χ3n) is 2.38. The molecule has 0 unspecified atom stereocenters. The van der Waals surface area contributed by atoms with Gasteiger partial charge in [0.05, 0.1) is 0 Å². The summed E-state index contributed by atoms with van der Waals surface area (Å²) >= 11 is 0. The minimum atomic E-state index is -0.311. The molecule has 6 nitrogen and oxygen atoms in total. The van der Waals surface area contributed by atoms with Crippen LogP contribution in [0.25, 0.3) is 0 Å². The third kappa shape index (κ3) is 1.18. The summed E-state index contributed by atoms with van der Waals surface area (Å²) < 4.78 is 0. The van der Waals surface area contributed by atoms with E-state index in [4.69, 9.17) is 0 Å². The lowest BCUT2D eigenvalue weighted by Crippen LogP contribution is -2.52. The number of hydrogen-bond acceptors (Lipinski definition) is 2. The number of nitrogens with zero attached hydrogens (tertiary/aromatic N) is 1. The minimum Gasteiger partial charge on any atom is -0.314 e. The van der Waals surface area contributed by atoms with E-state index >= 15 is 0 Å². The molecule has 78 valence electrons. The number of rotatable bonds is 0. The summed E-state index contributed by atoms with van der Waals surface area (Å²) in [5, 5.41) is 8.02. The van der Waals surface area contributed by atoms with E-state index < -0.39 is 0 Å². The second-order valence-corrected chi connectivity index (χ2v) is 4.53. The molecule has 2 atom stereocenters. The van der Waals surface area contributed by atoms with Gasteiger partial charge in [0.15, 0.2) is 0 Å². The molecule has 0 spiro atoms. The lowest BCUT2D eigenvalue weighted by molar-refractivity contribution is 0.130. The summed E-state index contributed by atoms with van der Waals surface area (Å²) in [6.45, 7) is 5.79. The maximum Gasteiger partial charge on any atom is 0.321 e. The topological polar surface area (TPSA) is 73.5 Å². The van der Waals surface area contributed by atoms with Crippen LogP contribution >= 0.6 is 0 Å². The number of urea groups is 2. The first kappa shape index (κ1) is 9.11. The van der Waals surface area contributed by atoms with Gasteiger partial charge in [-0.1, -0.05) is 0 Å². The fraction of sp³-hybridized carbons (Fsp3) is 0.750. The molecule has 2 heterocycles. The van der Waals surface area contributed by atoms with Crippen LogP contribution in [0.4, 0.5) is 9.59 Å². The van der Waals surface area contributed by atoms with Gasteiger partial charge in [0.25, 0.3) is 0 Å². The largest absolute Gasteiger partial charge is 0.321 e. The molecule has 2 fully saturated rings. The van der Waals surface area contributed by atoms with Gasteiger partial charge in [0, 0.05) is 5.54 Å². The van der Waals surface area contributed by atoms with E-state index in [0.29, 0.717) is 0 Å². The number of fused-ring (bicyclic) bond motifs is 1. The normalized spacial score (nSPS) is 30.9. The van der Waals surface area contributed by atoms with Gasteiger partial charge in [0.1, 0.15) is 12.3 Å². The van der Waals surface area contributed by atoms with E-state index in [1.165, 1.54) is 0 Å². The highest BCUT2D eigenvalue weighted by atomic mass is 16.2. The highest BCUT2D eigenvalue weighted by Gasteiger charge is 2.49. The van der Waals surface area contributed by atoms with E-state index in [-0.39, 0.29) is 29.9 Å². The van der Waals surface area contributed by atoms with E-state index in [2.05, 4.69) is 16.0 Å². The molecule has 0 aromatic rings. The van der Waals surface area contributed by atoms with Crippen molar-refractivity contribution in [1.82, 2.24) is 20.9 Å². The molecular weight excluding hydrogens is 184 g/mol. The average molecular weight is 198 g/mol. The van der Waals surface area contributed by atoms with Crippen LogP contribution in [0, 0.1) is 0 Å². The molecule has 0 aliphatic carbocycles. The summed E-state index contributed by atoms with van der Waals surface area (Å²) in [6.07, 6.45) is -0.593. The summed E-state index contributed by atoms with van der Waals surface area (Å²) in [6, 6.07) is -0.394. The van der Waals surface area contributed by atoms with Crippen molar-refractivity contribution < 1.29 is 9.59 Å². The van der Waals surface area contributed by atoms with Crippen LogP contribution in [0.2, 0.25) is 0 Å². The number of carbonyl (C=O) groups is 2. The highest BCUT2D eigenvalue weighted by Crippen LogP contribution is 2.23. The molecule has 0 aromatic heterocycles. The Morgan fingerprint density at radius 1 is 1.14 bits per heavy atom. The van der Waals surface area contributed by atoms with Crippen LogP contribution in [0.5, 0.6) is 0 Å². The van der Waals surface area contributed by atoms with Crippen LogP contribution in [0.3, 0.4) is 0 Å². The van der Waals surface area contributed by atoms with Gasteiger partial charge in [-0.05, 0) is 20.8 Å². The predicted octanol–water partition coefficient (Wildman–Crippen LogP) is -0.225. The molecule has 14 heavy (non-hydrogen) atoms. The van der Waals surface area contributed by atoms with Crippen molar-refractivity contribution in [2.24, 2.45) is 0 Å². The van der Waals surface area contributed by atoms with Gasteiger partial charge in [-0.25, -0.2) is 9.59 Å². The Morgan fingerprint density at radius 2 is 1.79 bits per heavy atom. The monoisotopic (exact) mass is 198 g/mol. The van der Waals surface area contributed by atoms with E-state index in [9.17, 15) is 9.59 Å². The van der Waals surface area contributed by atoms with E-state index in [1.54, 1.807) is 4.90 Å². The molecule has 0 bridgehead atoms. The molecule has 0 aromatic carbocycles. The van der Waals surface area contributed by atoms with Gasteiger partial charge in [0.2, 0.25) is 0 Å². The average Bonchev–Trinajstić information content (AvgIpc) is 2.38. The van der Waals surface area contributed by atoms with E-state index in [0.717, 1.165) is 0 Å². The highest BCUT2D eigenvalue weighted by molar-refractivity contribution is 5.85. The van der Waals surface area contributed by atoms with Gasteiger partial charge < -0.3 is 16.0 Å². The lowest BCUT2D eigenvalue weighted by atomic mass is 10.1. The maximum atomic E-state index is 11.6. The van der Waals surface area contributed by atoms with Gasteiger partial charge >= 0.3 is 12.1 Å². The smallest absolute Gasteiger partial charge is 0.314 e. The SMILES string of the molecule is CC(C)(C)N1C(=O)N[C@@H]2NC(=O)N[C@@H]21. The van der Waals surface area contributed by atoms with Crippen molar-refractivity contribution >= 4 is 12.1 Å². The Balaban J connectivity index is 2.25. The maximum absolute atomic E-state index is 11.6. The summed E-state index contributed by atoms with van der Waals surface area (Å²) in [4.78, 5) is 24.2. The molecule has 0 saturated carbocycles. The van der Waals surface area contributed by atoms with E-state index in [1.807, 2.05) is 20.8 Å². The van der Waals surface area contributed by atoms with Crippen molar-refractivity contribution in [3.8, 4) is 0 Å². The molecule has 4 amide bonds. The van der Waals surface area contributed by atoms with Crippen LogP contribution in [-0.2, 0) is 0 Å². The quantitative estimate of drug-likeness (QED) is 0.503. The zero-order chi connectivity index (χ0) is 10.5. The Labute approximate surface area is 82.0 Å². The van der Waals surface area contributed by atoms with Crippen LogP contribution in [-0.4, -0.2) is 34.8 Å². The molecule has 6 heteroatoms. The summed E-state index contributed by atoms with van der Waals surface area (Å²) in [7, 11) is 0. The Morgan fingerprint density at radius 3 is 2.36 bits per heavy atom. The molecule has 3 N–H and O–H groups in total. The van der Waals surface area contributed by atoms with Crippen molar-refractivity contribution in [3.63, 3.8) is 0 Å². The first-order chi connectivity index (χ1) is 6.39. The molecule has 2 aliphatic heterocycles. The lowest BCUT2D eigenvalue weighted by Gasteiger charge is -2.34. The number of carbonyl (C=O) groups excluding carboxylic acids is 2. The Kier molecular flexibility index (Phi) is 1.64. The standard InChI is InChI=1S/C8H14N4O2/c1-8(2,3)12-5-4(10-7(12)14)9-6(13)11-5/h4-5H,1-3H3,(H,10,14)(H2,9,11,13)/t4-,5+/m0/s1. The van der Waals surface area contributed by atoms with Crippen LogP contribution in [0.15, 0.2) is 0 Å². The van der Waals surface area contributed by atoms with Crippen LogP contribution < -0.4 is 16.0 Å². The predicted molar refractivity (Wildman–Crippen MR) is 49.4 cm³/mol. The Hall–Kier alpha value is -1.46. The number of amides is 4. The van der Waals surface area contributed by atoms with Gasteiger partial charge in [-0.2, -0.15) is 0 Å². The second kappa shape index (κ2) is 2.52. The van der Waals surface area contributed by atoms with Crippen molar-refractivity contribution in [2.75, 3.05) is 0 Å². The first-order valence-electron chi connectivity index (χ1n) is 4.56. The fourth-order valence-electron chi connectivity index (χ4n) is 1.86. The summed E-state index contributed by atoms with van der Waals surface area (Å²) in [5.41, 5.74) is -0.303. The Bertz CT molecular complexity index is 296. The number of hydrogen-bond donors (Lipinski definition) is 3. The first-order valence-corrected chi connectivity index (χ1v) is 4.56. The van der Waals surface area contributed by atoms with Crippen molar-refractivity contribution in [2.45, 2.75) is 38.6 Å². The molecular formula is C8H14N4O2. The van der Waals surface area contributed by atoms with Crippen LogP contribution in [0.1, 0.15) is 20.8 Å². The zero-order valence-corrected chi connectivity index (χ0v) is 8.42. The van der Waals surface area contributed by atoms with Gasteiger partial charge in [-0.3, -0.25) is 4.90 Å². The van der Waals surface area contributed by atoms with Crippen molar-refractivity contribution in [1.29, 1.82) is 0 Å². The number of nitrogens with one attached hydrogen (secondary N) is 3. The van der Waals surface area contributed by atoms with Crippen molar-refractivity contribution in [3.05, 3.63) is 0 Å². The fourth-order valence-corrected chi connectivity index (χ4v) is 1.86. The summed E-state index contributed by atoms with van der Waals surface area (Å²) in [5.74, 6) is 0. The molecule has 2 aliphatic rings. The molecule has 2 saturated heterocycles. The zero-order valence-electron chi connectivity index (χ0n) is 8.42.